The highest BCUT2D eigenvalue weighted by Gasteiger charge is 2.63. The SMILES string of the molecule is O=C(NC1CC1)c1c(N2C(=O)[C@@H]3[C@@H](C2=O)[C@H]2CC[C@@H]3O2)sc2c1CCC2. The van der Waals surface area contributed by atoms with Gasteiger partial charge >= 0.3 is 0 Å². The van der Waals surface area contributed by atoms with Crippen molar-refractivity contribution in [3.05, 3.63) is 16.0 Å². The average molecular weight is 372 g/mol. The van der Waals surface area contributed by atoms with Gasteiger partial charge in [0.2, 0.25) is 11.8 Å². The summed E-state index contributed by atoms with van der Waals surface area (Å²) in [6, 6.07) is 0.251. The predicted molar refractivity (Wildman–Crippen MR) is 94.2 cm³/mol. The van der Waals surface area contributed by atoms with E-state index in [0.717, 1.165) is 55.4 Å². The summed E-state index contributed by atoms with van der Waals surface area (Å²) >= 11 is 1.47. The molecule has 1 saturated carbocycles. The third kappa shape index (κ3) is 1.93. The monoisotopic (exact) mass is 372 g/mol. The summed E-state index contributed by atoms with van der Waals surface area (Å²) in [6.07, 6.45) is 6.32. The van der Waals surface area contributed by atoms with Crippen LogP contribution in [0.5, 0.6) is 0 Å². The van der Waals surface area contributed by atoms with Crippen molar-refractivity contribution in [3.8, 4) is 0 Å². The predicted octanol–water partition coefficient (Wildman–Crippen LogP) is 1.80. The average Bonchev–Trinajstić information content (AvgIpc) is 3.04. The van der Waals surface area contributed by atoms with E-state index >= 15 is 0 Å². The fourth-order valence-corrected chi connectivity index (χ4v) is 6.58. The lowest BCUT2D eigenvalue weighted by molar-refractivity contribution is -0.124. The number of nitrogens with one attached hydrogen (secondary N) is 1. The number of ether oxygens (including phenoxy) is 1. The molecule has 1 aromatic heterocycles. The molecule has 0 radical (unpaired) electrons. The highest BCUT2D eigenvalue weighted by molar-refractivity contribution is 7.17. The fraction of sp³-hybridized carbons (Fsp3) is 0.632. The molecule has 4 fully saturated rings. The van der Waals surface area contributed by atoms with E-state index < -0.39 is 0 Å². The second-order valence-corrected chi connectivity index (χ2v) is 9.22. The molecule has 0 unspecified atom stereocenters. The van der Waals surface area contributed by atoms with E-state index in [4.69, 9.17) is 4.74 Å². The maximum absolute atomic E-state index is 13.1. The first-order chi connectivity index (χ1) is 12.6. The highest BCUT2D eigenvalue weighted by Crippen LogP contribution is 2.52. The Morgan fingerprint density at radius 1 is 1.04 bits per heavy atom. The van der Waals surface area contributed by atoms with Gasteiger partial charge in [-0.3, -0.25) is 14.4 Å². The van der Waals surface area contributed by atoms with Crippen LogP contribution >= 0.6 is 11.3 Å². The molecule has 0 spiro atoms. The Balaban J connectivity index is 1.43. The van der Waals surface area contributed by atoms with Gasteiger partial charge in [0, 0.05) is 10.9 Å². The molecule has 1 aromatic rings. The zero-order valence-corrected chi connectivity index (χ0v) is 15.1. The van der Waals surface area contributed by atoms with Crippen LogP contribution in [0.3, 0.4) is 0 Å². The van der Waals surface area contributed by atoms with Gasteiger partial charge in [0.05, 0.1) is 29.6 Å². The van der Waals surface area contributed by atoms with Crippen LogP contribution in [0.4, 0.5) is 5.00 Å². The standard InChI is InChI=1S/C19H20N2O4S/c22-16(20-8-4-5-8)13-9-2-1-3-12(9)26-19(13)21-17(23)14-10-6-7-11(25-10)15(14)18(21)24/h8,10-11,14-15H,1-7H2,(H,20,22)/t10-,11+,14-,15-/m0/s1. The van der Waals surface area contributed by atoms with Gasteiger partial charge in [-0.1, -0.05) is 0 Å². The fourth-order valence-electron chi connectivity index (χ4n) is 5.18. The molecular weight excluding hydrogens is 352 g/mol. The van der Waals surface area contributed by atoms with Crippen molar-refractivity contribution < 1.29 is 19.1 Å². The van der Waals surface area contributed by atoms with Crippen LogP contribution < -0.4 is 10.2 Å². The third-order valence-electron chi connectivity index (χ3n) is 6.53. The molecule has 6 nitrogen and oxygen atoms in total. The van der Waals surface area contributed by atoms with Gasteiger partial charge in [-0.25, -0.2) is 4.90 Å². The number of carbonyl (C=O) groups is 3. The topological polar surface area (TPSA) is 75.7 Å². The van der Waals surface area contributed by atoms with Crippen LogP contribution in [-0.4, -0.2) is 36.0 Å². The molecule has 5 aliphatic rings. The molecule has 6 rings (SSSR count). The van der Waals surface area contributed by atoms with Gasteiger partial charge in [-0.15, -0.1) is 11.3 Å². The quantitative estimate of drug-likeness (QED) is 0.821. The normalized spacial score (nSPS) is 34.5. The zero-order chi connectivity index (χ0) is 17.6. The van der Waals surface area contributed by atoms with Gasteiger partial charge in [-0.05, 0) is 50.5 Å². The van der Waals surface area contributed by atoms with E-state index in [1.54, 1.807) is 0 Å². The summed E-state index contributed by atoms with van der Waals surface area (Å²) in [5, 5.41) is 3.62. The van der Waals surface area contributed by atoms with Crippen LogP contribution in [0.15, 0.2) is 0 Å². The van der Waals surface area contributed by atoms with E-state index in [-0.39, 0.29) is 47.8 Å². The molecule has 4 heterocycles. The van der Waals surface area contributed by atoms with Crippen molar-refractivity contribution in [1.29, 1.82) is 0 Å². The Hall–Kier alpha value is -1.73. The highest BCUT2D eigenvalue weighted by atomic mass is 32.1. The number of anilines is 1. The Bertz CT molecular complexity index is 830. The maximum atomic E-state index is 13.1. The van der Waals surface area contributed by atoms with Crippen LogP contribution in [0, 0.1) is 11.8 Å². The van der Waals surface area contributed by atoms with Crippen molar-refractivity contribution >= 4 is 34.1 Å². The molecule has 136 valence electrons. The smallest absolute Gasteiger partial charge is 0.254 e. The lowest BCUT2D eigenvalue weighted by atomic mass is 9.81. The molecule has 0 aromatic carbocycles. The third-order valence-corrected chi connectivity index (χ3v) is 7.81. The second kappa shape index (κ2) is 5.16. The van der Waals surface area contributed by atoms with Crippen LogP contribution in [0.1, 0.15) is 52.9 Å². The van der Waals surface area contributed by atoms with Crippen molar-refractivity contribution in [2.45, 2.75) is 63.2 Å². The summed E-state index contributed by atoms with van der Waals surface area (Å²) in [5.41, 5.74) is 1.64. The van der Waals surface area contributed by atoms with Gasteiger partial charge in [0.25, 0.3) is 5.91 Å². The minimum Gasteiger partial charge on any atom is -0.373 e. The van der Waals surface area contributed by atoms with Crippen molar-refractivity contribution in [1.82, 2.24) is 5.32 Å². The number of aryl methyl sites for hydroxylation is 1. The van der Waals surface area contributed by atoms with Crippen LogP contribution in [-0.2, 0) is 27.2 Å². The molecule has 26 heavy (non-hydrogen) atoms. The van der Waals surface area contributed by atoms with E-state index in [1.807, 2.05) is 0 Å². The minimum atomic E-state index is -0.350. The molecular formula is C19H20N2O4S. The molecule has 4 atom stereocenters. The first kappa shape index (κ1) is 15.3. The Morgan fingerprint density at radius 2 is 1.73 bits per heavy atom. The summed E-state index contributed by atoms with van der Waals surface area (Å²) < 4.78 is 5.82. The summed E-state index contributed by atoms with van der Waals surface area (Å²) in [7, 11) is 0. The minimum absolute atomic E-state index is 0.112. The van der Waals surface area contributed by atoms with Gasteiger partial charge < -0.3 is 10.1 Å². The van der Waals surface area contributed by atoms with E-state index in [0.29, 0.717) is 10.6 Å². The zero-order valence-electron chi connectivity index (χ0n) is 14.3. The first-order valence-electron chi connectivity index (χ1n) is 9.62. The number of carbonyl (C=O) groups excluding carboxylic acids is 3. The van der Waals surface area contributed by atoms with Gasteiger partial charge in [-0.2, -0.15) is 0 Å². The number of thiophene rings is 1. The Labute approximate surface area is 154 Å². The van der Waals surface area contributed by atoms with Gasteiger partial charge in [0.1, 0.15) is 5.00 Å². The largest absolute Gasteiger partial charge is 0.373 e. The van der Waals surface area contributed by atoms with Crippen molar-refractivity contribution in [3.63, 3.8) is 0 Å². The second-order valence-electron chi connectivity index (χ2n) is 8.14. The summed E-state index contributed by atoms with van der Waals surface area (Å²) in [6.45, 7) is 0. The number of fused-ring (bicyclic) bond motifs is 6. The summed E-state index contributed by atoms with van der Waals surface area (Å²) in [5.74, 6) is -1.13. The van der Waals surface area contributed by atoms with Crippen LogP contribution in [0.25, 0.3) is 0 Å². The molecule has 2 aliphatic carbocycles. The number of nitrogens with zero attached hydrogens (tertiary/aromatic N) is 1. The Morgan fingerprint density at radius 3 is 2.38 bits per heavy atom. The molecule has 3 amide bonds. The van der Waals surface area contributed by atoms with Crippen molar-refractivity contribution in [2.24, 2.45) is 11.8 Å². The Kier molecular flexibility index (Phi) is 3.05. The summed E-state index contributed by atoms with van der Waals surface area (Å²) in [4.78, 5) is 41.7. The maximum Gasteiger partial charge on any atom is 0.254 e. The van der Waals surface area contributed by atoms with Crippen molar-refractivity contribution in [2.75, 3.05) is 4.90 Å². The van der Waals surface area contributed by atoms with Crippen LogP contribution in [0.2, 0.25) is 0 Å². The molecule has 3 saturated heterocycles. The lowest BCUT2D eigenvalue weighted by Gasteiger charge is -2.18. The van der Waals surface area contributed by atoms with E-state index in [1.165, 1.54) is 16.2 Å². The molecule has 2 bridgehead atoms. The first-order valence-corrected chi connectivity index (χ1v) is 10.4. The number of amides is 3. The van der Waals surface area contributed by atoms with E-state index in [2.05, 4.69) is 5.32 Å². The lowest BCUT2D eigenvalue weighted by Crippen LogP contribution is -2.36. The number of hydrogen-bond acceptors (Lipinski definition) is 5. The number of hydrogen-bond donors (Lipinski definition) is 1. The van der Waals surface area contributed by atoms with Gasteiger partial charge in [0.15, 0.2) is 0 Å². The molecule has 3 aliphatic heterocycles. The number of rotatable bonds is 3. The number of imide groups is 1. The molecule has 1 N–H and O–H groups in total. The van der Waals surface area contributed by atoms with E-state index in [9.17, 15) is 14.4 Å². The molecule has 7 heteroatoms.